The average molecular weight is 1480 g/mol. The first kappa shape index (κ1) is 83.5. The molecular formula is C55H97N6O34P3. The Hall–Kier alpha value is -3.49. The van der Waals surface area contributed by atoms with Crippen molar-refractivity contribution in [2.75, 3.05) is 86.2 Å². The van der Waals surface area contributed by atoms with Gasteiger partial charge in [0.05, 0.1) is 76.1 Å². The maximum Gasteiger partial charge on any atom is 0.472 e. The van der Waals surface area contributed by atoms with Gasteiger partial charge in [-0.2, -0.15) is 0 Å². The Morgan fingerprint density at radius 3 is 1.03 bits per heavy atom. The first-order chi connectivity index (χ1) is 46.2. The van der Waals surface area contributed by atoms with E-state index in [1.54, 1.807) is 0 Å². The monoisotopic (exact) mass is 1480 g/mol. The van der Waals surface area contributed by atoms with Gasteiger partial charge < -0.3 is 125 Å². The highest BCUT2D eigenvalue weighted by Gasteiger charge is 2.50. The molecule has 0 aromatic heterocycles. The number of rotatable bonds is 38. The van der Waals surface area contributed by atoms with Crippen molar-refractivity contribution in [3.05, 3.63) is 0 Å². The summed E-state index contributed by atoms with van der Waals surface area (Å²) in [5.74, 6) is -3.38. The van der Waals surface area contributed by atoms with Crippen LogP contribution < -0.4 is 16.0 Å². The fourth-order valence-corrected chi connectivity index (χ4v) is 14.6. The average Bonchev–Trinajstić information content (AvgIpc) is 1.16. The van der Waals surface area contributed by atoms with E-state index >= 15 is 0 Å². The number of likely N-dealkylation sites (tertiary alicyclic amines) is 3. The third-order valence-corrected chi connectivity index (χ3v) is 20.2. The van der Waals surface area contributed by atoms with Crippen LogP contribution in [-0.4, -0.2) is 330 Å². The zero-order valence-corrected chi connectivity index (χ0v) is 57.3. The molecule has 0 bridgehead atoms. The van der Waals surface area contributed by atoms with Crippen molar-refractivity contribution in [3.63, 3.8) is 0 Å². The number of aliphatic hydroxyl groups excluding tert-OH is 10. The van der Waals surface area contributed by atoms with Crippen LogP contribution in [0.4, 0.5) is 0 Å². The predicted molar refractivity (Wildman–Crippen MR) is 326 cm³/mol. The number of unbranched alkanes of at least 4 members (excludes halogenated alkanes) is 3. The fourth-order valence-electron chi connectivity index (χ4n) is 12.2. The summed E-state index contributed by atoms with van der Waals surface area (Å²) < 4.78 is 105. The quantitative estimate of drug-likeness (QED) is 0.0202. The van der Waals surface area contributed by atoms with Crippen molar-refractivity contribution in [2.24, 2.45) is 0 Å². The van der Waals surface area contributed by atoms with Crippen molar-refractivity contribution in [1.29, 1.82) is 0 Å². The molecule has 0 spiro atoms. The van der Waals surface area contributed by atoms with Gasteiger partial charge >= 0.3 is 23.5 Å². The van der Waals surface area contributed by atoms with E-state index in [9.17, 15) is 108 Å². The molecule has 6 aliphatic heterocycles. The van der Waals surface area contributed by atoms with Crippen molar-refractivity contribution in [3.8, 4) is 0 Å². The van der Waals surface area contributed by atoms with E-state index < -0.39 is 233 Å². The van der Waals surface area contributed by atoms with Gasteiger partial charge in [-0.05, 0) is 57.8 Å². The lowest BCUT2D eigenvalue weighted by Gasteiger charge is -2.42. The molecule has 0 radical (unpaired) electrons. The molecule has 0 aliphatic carbocycles. The summed E-state index contributed by atoms with van der Waals surface area (Å²) in [5, 5.41) is 110. The number of hydrogen-bond acceptors (Lipinski definition) is 31. The Labute approximate surface area is 564 Å². The second kappa shape index (κ2) is 38.9. The molecule has 6 fully saturated rings. The molecular weight excluding hydrogens is 1380 g/mol. The van der Waals surface area contributed by atoms with Crippen molar-refractivity contribution >= 4 is 58.9 Å². The molecule has 6 aliphatic rings. The lowest BCUT2D eigenvalue weighted by atomic mass is 9.97. The Morgan fingerprint density at radius 1 is 0.439 bits per heavy atom. The number of aliphatic hydroxyl groups is 10. The molecule has 16 N–H and O–H groups in total. The van der Waals surface area contributed by atoms with Gasteiger partial charge in [-0.15, -0.1) is 0 Å². The van der Waals surface area contributed by atoms with Crippen molar-refractivity contribution < 1.29 is 164 Å². The molecule has 40 nitrogen and oxygen atoms in total. The molecule has 24 atom stereocenters. The van der Waals surface area contributed by atoms with Gasteiger partial charge in [-0.3, -0.25) is 55.9 Å². The number of phosphoric ester groups is 3. The number of amides is 6. The number of carbonyl (C=O) groups is 6. The number of hydrogen-bond donors (Lipinski definition) is 16. The van der Waals surface area contributed by atoms with Crippen LogP contribution in [0, 0.1) is 0 Å². The molecule has 6 rings (SSSR count). The first-order valence-electron chi connectivity index (χ1n) is 32.2. The first-order valence-corrected chi connectivity index (χ1v) is 36.6. The molecule has 6 saturated heterocycles. The lowest BCUT2D eigenvalue weighted by molar-refractivity contribution is -0.270. The highest BCUT2D eigenvalue weighted by Crippen LogP contribution is 2.50. The second-order valence-corrected chi connectivity index (χ2v) is 29.0. The fraction of sp³-hybridized carbons (Fsp3) is 0.891. The van der Waals surface area contributed by atoms with Gasteiger partial charge in [0.15, 0.2) is 18.9 Å². The standard InChI is InChI=1S/C55H97N6O34P3/c1-29(65)56-44-50(75)47(72)38(23-62)91-53(44)85-14-8-5-11-41(69)59-20-35(68)17-32(59)26-89-97(80,81)94-37-19-34(61(22-37)43(71)13-7-10-16-87-55-46(58-31(3)67)52(77)49(74)40(25-64)93-55)28-90-98(82,83)95-36-18-33(27-88-96(78,79)84-4)60(21-36)42(70)12-6-9-15-86-54-45(57-30(2)66)51(76)48(73)39(24-63)92-54/h32-40,44-55,62-64,68,72-77H,5-28H2,1-4H3,(H,56,65)(H,57,66)(H,58,67)(H,78,79)(H,80,81)(H,82,83)/t32-,33-,34-,35+,36+,37+,38?,39?,40?,44?,45?,46?,47-,48-,49-,50+,51+,52+,53+,54+,55+/m0/s1. The van der Waals surface area contributed by atoms with Crippen LogP contribution in [0.3, 0.4) is 0 Å². The van der Waals surface area contributed by atoms with E-state index in [1.165, 1.54) is 23.6 Å². The molecule has 6 heterocycles. The predicted octanol–water partition coefficient (Wildman–Crippen LogP) is -5.69. The number of carbonyl (C=O) groups excluding carboxylic acids is 6. The minimum absolute atomic E-state index is 0.0587. The summed E-state index contributed by atoms with van der Waals surface area (Å²) in [6.07, 6.45) is -20.9. The third kappa shape index (κ3) is 24.6. The highest BCUT2D eigenvalue weighted by molar-refractivity contribution is 7.47. The van der Waals surface area contributed by atoms with Gasteiger partial charge in [-0.1, -0.05) is 0 Å². The largest absolute Gasteiger partial charge is 0.472 e. The summed E-state index contributed by atoms with van der Waals surface area (Å²) in [6, 6.07) is -6.80. The van der Waals surface area contributed by atoms with Gasteiger partial charge in [0.2, 0.25) is 35.4 Å². The second-order valence-electron chi connectivity index (χ2n) is 24.7. The zero-order chi connectivity index (χ0) is 72.4. The van der Waals surface area contributed by atoms with E-state index in [0.717, 1.165) is 18.9 Å². The summed E-state index contributed by atoms with van der Waals surface area (Å²) in [6.45, 7) is -1.80. The van der Waals surface area contributed by atoms with Crippen LogP contribution in [0.5, 0.6) is 0 Å². The Balaban J connectivity index is 1.06. The van der Waals surface area contributed by atoms with Crippen LogP contribution >= 0.6 is 23.5 Å². The van der Waals surface area contributed by atoms with E-state index in [0.29, 0.717) is 0 Å². The molecule has 43 heteroatoms. The molecule has 9 unspecified atom stereocenters. The van der Waals surface area contributed by atoms with Gasteiger partial charge in [0.25, 0.3) is 0 Å². The van der Waals surface area contributed by atoms with E-state index in [4.69, 9.17) is 51.0 Å². The van der Waals surface area contributed by atoms with E-state index in [-0.39, 0.29) is 110 Å². The van der Waals surface area contributed by atoms with Gasteiger partial charge in [0, 0.05) is 86.6 Å². The Kier molecular flexibility index (Phi) is 33.1. The number of ether oxygens (including phenoxy) is 6. The minimum Gasteiger partial charge on any atom is -0.394 e. The van der Waals surface area contributed by atoms with Crippen molar-refractivity contribution in [2.45, 2.75) is 226 Å². The summed E-state index contributed by atoms with van der Waals surface area (Å²) in [4.78, 5) is 113. The van der Waals surface area contributed by atoms with Crippen LogP contribution in [0.25, 0.3) is 0 Å². The molecule has 6 amide bonds. The number of nitrogens with one attached hydrogen (secondary N) is 3. The summed E-state index contributed by atoms with van der Waals surface area (Å²) in [7, 11) is -14.0. The maximum absolute atomic E-state index is 14.1. The number of β-amino-alcohol motifs (C(OH)–C–C–N with tert-alkyl or cyclic N) is 1. The summed E-state index contributed by atoms with van der Waals surface area (Å²) in [5.41, 5.74) is 0. The van der Waals surface area contributed by atoms with Crippen molar-refractivity contribution in [1.82, 2.24) is 30.7 Å². The molecule has 0 saturated carbocycles. The topological polar surface area (TPSA) is 573 Å². The molecule has 0 aromatic rings. The maximum atomic E-state index is 14.1. The van der Waals surface area contributed by atoms with E-state index in [2.05, 4.69) is 20.5 Å². The molecule has 566 valence electrons. The molecule has 0 aromatic carbocycles. The number of phosphoric acid groups is 3. The van der Waals surface area contributed by atoms with Crippen LogP contribution in [-0.2, 0) is 98.0 Å². The van der Waals surface area contributed by atoms with E-state index in [1.807, 2.05) is 0 Å². The summed E-state index contributed by atoms with van der Waals surface area (Å²) >= 11 is 0. The zero-order valence-electron chi connectivity index (χ0n) is 54.7. The normalized spacial score (nSPS) is 34.7. The lowest BCUT2D eigenvalue weighted by Crippen LogP contribution is -2.64. The van der Waals surface area contributed by atoms with Gasteiger partial charge in [-0.25, -0.2) is 13.7 Å². The smallest absolute Gasteiger partial charge is 0.394 e. The SMILES string of the molecule is COP(=O)(O)OC[C@@H]1C[C@@H](OP(=O)(O)OC[C@@H]2C[C@@H](OP(=O)(O)OC[C@@H]3C[C@@H](O)CN3C(=O)CCCCO[C@@H]3OC(CO)[C@H](O)[C@H](O)C3NC(C)=O)CN2C(=O)CCCCO[C@@H]2OC(CO)[C@H](O)[C@H](O)C2NC(C)=O)CN1C(=O)CCCCO[C@@H]1OC(CO)[C@H](O)[C@H](O)C1NC(C)=O. The Bertz CT molecular complexity index is 2740. The van der Waals surface area contributed by atoms with Gasteiger partial charge in [0.1, 0.15) is 73.1 Å². The highest BCUT2D eigenvalue weighted by atomic mass is 31.2. The number of nitrogens with zero attached hydrogens (tertiary/aromatic N) is 3. The molecule has 98 heavy (non-hydrogen) atoms. The Morgan fingerprint density at radius 2 is 0.735 bits per heavy atom. The minimum atomic E-state index is -5.19. The van der Waals surface area contributed by atoms with Crippen LogP contribution in [0.2, 0.25) is 0 Å². The third-order valence-electron chi connectivity index (χ3n) is 17.1. The van der Waals surface area contributed by atoms with Crippen LogP contribution in [0.1, 0.15) is 97.8 Å². The van der Waals surface area contributed by atoms with Crippen LogP contribution in [0.15, 0.2) is 0 Å².